The Kier molecular flexibility index (Phi) is 2.88. The molecule has 1 aromatic rings. The number of hydrogen-bond acceptors (Lipinski definition) is 0. The van der Waals surface area contributed by atoms with Gasteiger partial charge in [0, 0.05) is 5.92 Å². The first-order valence-corrected chi connectivity index (χ1v) is 4.11. The quantitative estimate of drug-likeness (QED) is 0.614. The lowest BCUT2D eigenvalue weighted by atomic mass is 10.0. The minimum Gasteiger partial charge on any atom is -0.205 e. The van der Waals surface area contributed by atoms with Gasteiger partial charge in [0.1, 0.15) is 5.82 Å². The van der Waals surface area contributed by atoms with E-state index in [0.29, 0.717) is 0 Å². The molecule has 0 radical (unpaired) electrons. The third-order valence-corrected chi connectivity index (χ3v) is 2.22. The van der Waals surface area contributed by atoms with Gasteiger partial charge in [0.15, 0.2) is 0 Å². The molecule has 64 valence electrons. The van der Waals surface area contributed by atoms with Gasteiger partial charge in [-0.2, -0.15) is 0 Å². The average molecular weight is 185 g/mol. The van der Waals surface area contributed by atoms with Crippen LogP contribution in [0.4, 0.5) is 4.39 Å². The smallest absolute Gasteiger partial charge is 0.142 e. The summed E-state index contributed by atoms with van der Waals surface area (Å²) < 4.78 is 12.9. The predicted molar refractivity (Wildman–Crippen MR) is 50.0 cm³/mol. The minimum absolute atomic E-state index is 0.0909. The first-order valence-electron chi connectivity index (χ1n) is 3.73. The molecule has 0 saturated heterocycles. The van der Waals surface area contributed by atoms with Crippen LogP contribution < -0.4 is 0 Å². The van der Waals surface area contributed by atoms with Crippen molar-refractivity contribution in [3.05, 3.63) is 47.3 Å². The van der Waals surface area contributed by atoms with Crippen molar-refractivity contribution in [2.24, 2.45) is 0 Å². The van der Waals surface area contributed by atoms with Crippen molar-refractivity contribution in [2.45, 2.75) is 12.8 Å². The molecule has 0 amide bonds. The predicted octanol–water partition coefficient (Wildman–Crippen LogP) is 3.77. The fourth-order valence-electron chi connectivity index (χ4n) is 0.999. The third kappa shape index (κ3) is 1.67. The SMILES string of the molecule is C=CC(C)c1cccc(F)c1Cl. The summed E-state index contributed by atoms with van der Waals surface area (Å²) >= 11 is 5.74. The van der Waals surface area contributed by atoms with Crippen LogP contribution in [0.2, 0.25) is 5.02 Å². The molecule has 0 heterocycles. The second-order valence-electron chi connectivity index (χ2n) is 2.67. The van der Waals surface area contributed by atoms with Crippen molar-refractivity contribution in [3.63, 3.8) is 0 Å². The van der Waals surface area contributed by atoms with Crippen molar-refractivity contribution < 1.29 is 4.39 Å². The Balaban J connectivity index is 3.15. The zero-order valence-electron chi connectivity index (χ0n) is 6.85. The van der Waals surface area contributed by atoms with Crippen molar-refractivity contribution in [3.8, 4) is 0 Å². The van der Waals surface area contributed by atoms with E-state index in [1.807, 2.05) is 6.92 Å². The van der Waals surface area contributed by atoms with Crippen molar-refractivity contribution >= 4 is 11.6 Å². The highest BCUT2D eigenvalue weighted by atomic mass is 35.5. The number of benzene rings is 1. The van der Waals surface area contributed by atoms with E-state index < -0.39 is 0 Å². The Hall–Kier alpha value is -0.820. The molecule has 0 saturated carbocycles. The highest BCUT2D eigenvalue weighted by Crippen LogP contribution is 2.26. The lowest BCUT2D eigenvalue weighted by Crippen LogP contribution is -1.91. The van der Waals surface area contributed by atoms with Gasteiger partial charge in [-0.05, 0) is 11.6 Å². The van der Waals surface area contributed by atoms with Gasteiger partial charge in [-0.3, -0.25) is 0 Å². The average Bonchev–Trinajstić information content (AvgIpc) is 2.08. The Morgan fingerprint density at radius 2 is 2.25 bits per heavy atom. The lowest BCUT2D eigenvalue weighted by Gasteiger charge is -2.08. The van der Waals surface area contributed by atoms with Gasteiger partial charge >= 0.3 is 0 Å². The maximum Gasteiger partial charge on any atom is 0.142 e. The van der Waals surface area contributed by atoms with Crippen LogP contribution >= 0.6 is 11.6 Å². The van der Waals surface area contributed by atoms with Crippen LogP contribution in [0.15, 0.2) is 30.9 Å². The molecule has 0 nitrogen and oxygen atoms in total. The van der Waals surface area contributed by atoms with E-state index in [2.05, 4.69) is 6.58 Å². The summed E-state index contributed by atoms with van der Waals surface area (Å²) in [6.07, 6.45) is 1.74. The maximum atomic E-state index is 12.9. The summed E-state index contributed by atoms with van der Waals surface area (Å²) in [7, 11) is 0. The molecule has 0 spiro atoms. The summed E-state index contributed by atoms with van der Waals surface area (Å²) in [5, 5.41) is 0.199. The summed E-state index contributed by atoms with van der Waals surface area (Å²) in [5.74, 6) is -0.281. The Labute approximate surface area is 76.7 Å². The van der Waals surface area contributed by atoms with Crippen molar-refractivity contribution in [1.82, 2.24) is 0 Å². The highest BCUT2D eigenvalue weighted by Gasteiger charge is 2.08. The van der Waals surface area contributed by atoms with E-state index in [1.54, 1.807) is 18.2 Å². The van der Waals surface area contributed by atoms with Gasteiger partial charge in [0.25, 0.3) is 0 Å². The number of hydrogen-bond donors (Lipinski definition) is 0. The monoisotopic (exact) mass is 184 g/mol. The minimum atomic E-state index is -0.372. The number of rotatable bonds is 2. The number of allylic oxidation sites excluding steroid dienone is 1. The second-order valence-corrected chi connectivity index (χ2v) is 3.05. The fraction of sp³-hybridized carbons (Fsp3) is 0.200. The van der Waals surface area contributed by atoms with Gasteiger partial charge in [0.05, 0.1) is 5.02 Å². The topological polar surface area (TPSA) is 0 Å². The molecule has 0 N–H and O–H groups in total. The third-order valence-electron chi connectivity index (χ3n) is 1.83. The summed E-state index contributed by atoms with van der Waals surface area (Å²) in [4.78, 5) is 0. The number of halogens is 2. The first-order chi connectivity index (χ1) is 5.66. The van der Waals surface area contributed by atoms with Gasteiger partial charge in [-0.15, -0.1) is 6.58 Å². The van der Waals surface area contributed by atoms with Crippen LogP contribution in [-0.4, -0.2) is 0 Å². The molecule has 1 unspecified atom stereocenters. The maximum absolute atomic E-state index is 12.9. The van der Waals surface area contributed by atoms with Crippen molar-refractivity contribution in [2.75, 3.05) is 0 Å². The van der Waals surface area contributed by atoms with E-state index in [-0.39, 0.29) is 16.8 Å². The van der Waals surface area contributed by atoms with E-state index in [0.717, 1.165) is 5.56 Å². The second kappa shape index (κ2) is 3.72. The Morgan fingerprint density at radius 3 is 2.83 bits per heavy atom. The molecule has 0 aliphatic carbocycles. The van der Waals surface area contributed by atoms with Crippen molar-refractivity contribution in [1.29, 1.82) is 0 Å². The molecule has 1 rings (SSSR count). The van der Waals surface area contributed by atoms with Crippen LogP contribution in [0.3, 0.4) is 0 Å². The van der Waals surface area contributed by atoms with E-state index in [4.69, 9.17) is 11.6 Å². The molecule has 0 aliphatic heterocycles. The van der Waals surface area contributed by atoms with E-state index >= 15 is 0 Å². The highest BCUT2D eigenvalue weighted by molar-refractivity contribution is 6.31. The van der Waals surface area contributed by atoms with E-state index in [9.17, 15) is 4.39 Å². The normalized spacial score (nSPS) is 12.6. The molecule has 0 aromatic heterocycles. The molecule has 0 fully saturated rings. The van der Waals surface area contributed by atoms with Gasteiger partial charge in [0.2, 0.25) is 0 Å². The molecule has 0 bridgehead atoms. The zero-order chi connectivity index (χ0) is 9.14. The van der Waals surface area contributed by atoms with Crippen LogP contribution in [0.1, 0.15) is 18.4 Å². The van der Waals surface area contributed by atoms with Gasteiger partial charge < -0.3 is 0 Å². The Morgan fingerprint density at radius 1 is 1.58 bits per heavy atom. The Bertz CT molecular complexity index is 294. The van der Waals surface area contributed by atoms with Crippen LogP contribution in [0, 0.1) is 5.82 Å². The van der Waals surface area contributed by atoms with Crippen LogP contribution in [-0.2, 0) is 0 Å². The van der Waals surface area contributed by atoms with E-state index in [1.165, 1.54) is 6.07 Å². The van der Waals surface area contributed by atoms with Gasteiger partial charge in [-0.25, -0.2) is 4.39 Å². The van der Waals surface area contributed by atoms with Gasteiger partial charge in [-0.1, -0.05) is 36.7 Å². The molecule has 12 heavy (non-hydrogen) atoms. The van der Waals surface area contributed by atoms with Crippen LogP contribution in [0.5, 0.6) is 0 Å². The standard InChI is InChI=1S/C10H10ClF/c1-3-7(2)8-5-4-6-9(12)10(8)11/h3-7H,1H2,2H3. The molecule has 0 aliphatic rings. The lowest BCUT2D eigenvalue weighted by molar-refractivity contribution is 0.625. The summed E-state index contributed by atoms with van der Waals surface area (Å²) in [6, 6.07) is 4.80. The summed E-state index contributed by atoms with van der Waals surface area (Å²) in [5.41, 5.74) is 0.784. The largest absolute Gasteiger partial charge is 0.205 e. The molecule has 1 aromatic carbocycles. The molecule has 1 atom stereocenters. The molecular formula is C10H10ClF. The summed E-state index contributed by atoms with van der Waals surface area (Å²) in [6.45, 7) is 5.55. The molecular weight excluding hydrogens is 175 g/mol. The fourth-order valence-corrected chi connectivity index (χ4v) is 1.30. The van der Waals surface area contributed by atoms with Crippen LogP contribution in [0.25, 0.3) is 0 Å². The first kappa shape index (κ1) is 9.27. The molecule has 2 heteroatoms. The zero-order valence-corrected chi connectivity index (χ0v) is 7.61.